The van der Waals surface area contributed by atoms with Gasteiger partial charge in [0.15, 0.2) is 0 Å². The molecule has 0 saturated heterocycles. The summed E-state index contributed by atoms with van der Waals surface area (Å²) >= 11 is 0. The Labute approximate surface area is 118 Å². The highest BCUT2D eigenvalue weighted by Gasteiger charge is 2.37. The van der Waals surface area contributed by atoms with Crippen LogP contribution in [-0.2, 0) is 9.59 Å². The highest BCUT2D eigenvalue weighted by molar-refractivity contribution is 6.08. The molecule has 0 aliphatic carbocycles. The molecule has 5 heteroatoms. The van der Waals surface area contributed by atoms with Crippen LogP contribution < -0.4 is 10.2 Å². The second kappa shape index (κ2) is 5.15. The van der Waals surface area contributed by atoms with E-state index in [-0.39, 0.29) is 5.91 Å². The van der Waals surface area contributed by atoms with Crippen LogP contribution in [0.25, 0.3) is 0 Å². The Morgan fingerprint density at radius 1 is 1.40 bits per heavy atom. The van der Waals surface area contributed by atoms with Gasteiger partial charge in [0.05, 0.1) is 11.4 Å². The Kier molecular flexibility index (Phi) is 3.70. The van der Waals surface area contributed by atoms with Crippen molar-refractivity contribution in [2.24, 2.45) is 0 Å². The van der Waals surface area contributed by atoms with E-state index < -0.39 is 18.1 Å². The van der Waals surface area contributed by atoms with Gasteiger partial charge in [-0.25, -0.2) is 4.79 Å². The third-order valence-electron chi connectivity index (χ3n) is 3.83. The fourth-order valence-corrected chi connectivity index (χ4v) is 2.53. The van der Waals surface area contributed by atoms with E-state index in [0.29, 0.717) is 12.1 Å². The lowest BCUT2D eigenvalue weighted by molar-refractivity contribution is -0.140. The van der Waals surface area contributed by atoms with Gasteiger partial charge in [-0.3, -0.25) is 9.69 Å². The van der Waals surface area contributed by atoms with Gasteiger partial charge in [0, 0.05) is 0 Å². The molecule has 1 amide bonds. The SMILES string of the molecule is CCC(C(=O)O)N1C(=O)C(C)Nc2cc(C)c(C)cc21. The van der Waals surface area contributed by atoms with Crippen LogP contribution in [0.5, 0.6) is 0 Å². The number of hydrogen-bond acceptors (Lipinski definition) is 3. The first-order valence-electron chi connectivity index (χ1n) is 6.80. The highest BCUT2D eigenvalue weighted by atomic mass is 16.4. The summed E-state index contributed by atoms with van der Waals surface area (Å²) in [6.45, 7) is 7.48. The van der Waals surface area contributed by atoms with Crippen molar-refractivity contribution in [1.82, 2.24) is 0 Å². The van der Waals surface area contributed by atoms with Gasteiger partial charge < -0.3 is 10.4 Å². The van der Waals surface area contributed by atoms with E-state index in [0.717, 1.165) is 16.8 Å². The van der Waals surface area contributed by atoms with E-state index in [1.807, 2.05) is 26.0 Å². The van der Waals surface area contributed by atoms with Gasteiger partial charge in [-0.2, -0.15) is 0 Å². The van der Waals surface area contributed by atoms with Crippen molar-refractivity contribution < 1.29 is 14.7 Å². The predicted octanol–water partition coefficient (Wildman–Crippen LogP) is 2.31. The van der Waals surface area contributed by atoms with Gasteiger partial charge >= 0.3 is 5.97 Å². The minimum Gasteiger partial charge on any atom is -0.480 e. The molecule has 2 rings (SSSR count). The molecular weight excluding hydrogens is 256 g/mol. The number of carboxylic acids is 1. The first-order valence-corrected chi connectivity index (χ1v) is 6.80. The summed E-state index contributed by atoms with van der Waals surface area (Å²) in [7, 11) is 0. The van der Waals surface area contributed by atoms with Crippen molar-refractivity contribution in [3.8, 4) is 0 Å². The third-order valence-corrected chi connectivity index (χ3v) is 3.83. The number of carbonyl (C=O) groups excluding carboxylic acids is 1. The molecule has 0 radical (unpaired) electrons. The summed E-state index contributed by atoms with van der Waals surface area (Å²) in [6, 6.07) is 2.60. The molecule has 0 aromatic heterocycles. The largest absolute Gasteiger partial charge is 0.480 e. The van der Waals surface area contributed by atoms with E-state index in [1.165, 1.54) is 4.90 Å². The quantitative estimate of drug-likeness (QED) is 0.889. The molecule has 0 fully saturated rings. The lowest BCUT2D eigenvalue weighted by Gasteiger charge is -2.37. The van der Waals surface area contributed by atoms with E-state index in [1.54, 1.807) is 13.8 Å². The molecule has 1 heterocycles. The third kappa shape index (κ3) is 2.24. The minimum absolute atomic E-state index is 0.199. The van der Waals surface area contributed by atoms with Crippen molar-refractivity contribution in [3.63, 3.8) is 0 Å². The summed E-state index contributed by atoms with van der Waals surface area (Å²) < 4.78 is 0. The smallest absolute Gasteiger partial charge is 0.326 e. The number of anilines is 2. The molecule has 2 unspecified atom stereocenters. The van der Waals surface area contributed by atoms with Gasteiger partial charge in [0.1, 0.15) is 12.1 Å². The molecule has 20 heavy (non-hydrogen) atoms. The molecule has 0 spiro atoms. The zero-order valence-corrected chi connectivity index (χ0v) is 12.2. The van der Waals surface area contributed by atoms with Gasteiger partial charge in [-0.05, 0) is 50.5 Å². The lowest BCUT2D eigenvalue weighted by Crippen LogP contribution is -2.53. The number of amides is 1. The van der Waals surface area contributed by atoms with Gasteiger partial charge in [0.25, 0.3) is 0 Å². The number of nitrogens with zero attached hydrogens (tertiary/aromatic N) is 1. The topological polar surface area (TPSA) is 69.6 Å². The number of carbonyl (C=O) groups is 2. The molecular formula is C15H20N2O3. The minimum atomic E-state index is -0.973. The van der Waals surface area contributed by atoms with Gasteiger partial charge in [-0.15, -0.1) is 0 Å². The maximum atomic E-state index is 12.4. The standard InChI is InChI=1S/C15H20N2O3/c1-5-12(15(19)20)17-13-7-9(3)8(2)6-11(13)16-10(4)14(17)18/h6-7,10,12,16H,5H2,1-4H3,(H,19,20). The Hall–Kier alpha value is -2.04. The fraction of sp³-hybridized carbons (Fsp3) is 0.467. The number of aryl methyl sites for hydroxylation is 2. The molecule has 0 saturated carbocycles. The average Bonchev–Trinajstić information content (AvgIpc) is 2.37. The van der Waals surface area contributed by atoms with E-state index in [2.05, 4.69) is 5.32 Å². The molecule has 5 nitrogen and oxygen atoms in total. The number of fused-ring (bicyclic) bond motifs is 1. The zero-order valence-electron chi connectivity index (χ0n) is 12.2. The molecule has 1 aliphatic rings. The molecule has 2 N–H and O–H groups in total. The predicted molar refractivity (Wildman–Crippen MR) is 78.2 cm³/mol. The van der Waals surface area contributed by atoms with Crippen LogP contribution >= 0.6 is 0 Å². The van der Waals surface area contributed by atoms with E-state index in [4.69, 9.17) is 0 Å². The first-order chi connectivity index (χ1) is 9.36. The number of aliphatic carboxylic acids is 1. The second-order valence-electron chi connectivity index (χ2n) is 5.29. The van der Waals surface area contributed by atoms with Crippen LogP contribution in [0.15, 0.2) is 12.1 Å². The Bertz CT molecular complexity index is 568. The molecule has 108 valence electrons. The molecule has 1 aromatic rings. The highest BCUT2D eigenvalue weighted by Crippen LogP contribution is 2.35. The number of benzene rings is 1. The molecule has 1 aliphatic heterocycles. The Morgan fingerprint density at radius 2 is 2.00 bits per heavy atom. The van der Waals surface area contributed by atoms with Crippen LogP contribution in [0.3, 0.4) is 0 Å². The van der Waals surface area contributed by atoms with E-state index in [9.17, 15) is 14.7 Å². The molecule has 1 aromatic carbocycles. The summed E-state index contributed by atoms with van der Waals surface area (Å²) in [5.41, 5.74) is 3.63. The summed E-state index contributed by atoms with van der Waals surface area (Å²) in [5.74, 6) is -1.17. The number of nitrogens with one attached hydrogen (secondary N) is 1. The molecule has 2 atom stereocenters. The lowest BCUT2D eigenvalue weighted by atomic mass is 10.0. The zero-order chi connectivity index (χ0) is 15.0. The molecule has 0 bridgehead atoms. The monoisotopic (exact) mass is 276 g/mol. The van der Waals surface area contributed by atoms with Crippen molar-refractivity contribution in [2.75, 3.05) is 10.2 Å². The Balaban J connectivity index is 2.59. The number of hydrogen-bond donors (Lipinski definition) is 2. The fourth-order valence-electron chi connectivity index (χ4n) is 2.53. The van der Waals surface area contributed by atoms with Crippen molar-refractivity contribution >= 4 is 23.3 Å². The van der Waals surface area contributed by atoms with Gasteiger partial charge in [-0.1, -0.05) is 6.92 Å². The second-order valence-corrected chi connectivity index (χ2v) is 5.29. The van der Waals surface area contributed by atoms with Crippen LogP contribution in [-0.4, -0.2) is 29.1 Å². The first kappa shape index (κ1) is 14.4. The van der Waals surface area contributed by atoms with Crippen LogP contribution in [0.1, 0.15) is 31.4 Å². The maximum Gasteiger partial charge on any atom is 0.326 e. The van der Waals surface area contributed by atoms with Crippen LogP contribution in [0.4, 0.5) is 11.4 Å². The summed E-state index contributed by atoms with van der Waals surface area (Å²) in [6.07, 6.45) is 0.375. The van der Waals surface area contributed by atoms with Crippen molar-refractivity contribution in [1.29, 1.82) is 0 Å². The number of rotatable bonds is 3. The summed E-state index contributed by atoms with van der Waals surface area (Å²) in [5, 5.41) is 12.5. The van der Waals surface area contributed by atoms with E-state index >= 15 is 0 Å². The van der Waals surface area contributed by atoms with Gasteiger partial charge in [0.2, 0.25) is 5.91 Å². The summed E-state index contributed by atoms with van der Waals surface area (Å²) in [4.78, 5) is 25.2. The average molecular weight is 276 g/mol. The Morgan fingerprint density at radius 3 is 2.55 bits per heavy atom. The van der Waals surface area contributed by atoms with Crippen molar-refractivity contribution in [2.45, 2.75) is 46.2 Å². The number of carboxylic acid groups (broad SMARTS) is 1. The van der Waals surface area contributed by atoms with Crippen LogP contribution in [0, 0.1) is 13.8 Å². The van der Waals surface area contributed by atoms with Crippen molar-refractivity contribution in [3.05, 3.63) is 23.3 Å². The normalized spacial score (nSPS) is 19.3. The maximum absolute atomic E-state index is 12.4. The van der Waals surface area contributed by atoms with Crippen LogP contribution in [0.2, 0.25) is 0 Å².